The maximum Gasteiger partial charge on any atom is 0.151 e. The number of aromatic nitrogens is 2. The molecule has 2 aromatic rings. The van der Waals surface area contributed by atoms with E-state index in [1.165, 1.54) is 12.1 Å². The predicted octanol–water partition coefficient (Wildman–Crippen LogP) is 2.46. The van der Waals surface area contributed by atoms with Gasteiger partial charge in [0.25, 0.3) is 0 Å². The summed E-state index contributed by atoms with van der Waals surface area (Å²) in [6, 6.07) is 6.86. The summed E-state index contributed by atoms with van der Waals surface area (Å²) < 4.78 is 2.19. The summed E-state index contributed by atoms with van der Waals surface area (Å²) in [6.45, 7) is 7.76. The molecule has 1 aliphatic heterocycles. The molecule has 0 aliphatic carbocycles. The number of rotatable bonds is 3. The van der Waals surface area contributed by atoms with Crippen molar-refractivity contribution in [3.63, 3.8) is 0 Å². The van der Waals surface area contributed by atoms with E-state index in [1.54, 1.807) is 0 Å². The van der Waals surface area contributed by atoms with E-state index in [0.717, 1.165) is 30.3 Å². The van der Waals surface area contributed by atoms with Crippen molar-refractivity contribution in [1.29, 1.82) is 0 Å². The quantitative estimate of drug-likeness (QED) is 0.933. The van der Waals surface area contributed by atoms with Gasteiger partial charge in [0.05, 0.1) is 5.69 Å². The van der Waals surface area contributed by atoms with Crippen molar-refractivity contribution >= 4 is 11.5 Å². The SMILES string of the molecule is CC(N)Cc1c(N2CC(C)CC2C)nc2ccccn12. The Labute approximate surface area is 120 Å². The minimum Gasteiger partial charge on any atom is -0.352 e. The first kappa shape index (κ1) is 13.4. The van der Waals surface area contributed by atoms with Crippen LogP contribution in [0.15, 0.2) is 24.4 Å². The summed E-state index contributed by atoms with van der Waals surface area (Å²) >= 11 is 0. The lowest BCUT2D eigenvalue weighted by Gasteiger charge is -2.23. The van der Waals surface area contributed by atoms with Gasteiger partial charge in [0.2, 0.25) is 0 Å². The van der Waals surface area contributed by atoms with Crippen LogP contribution in [0.4, 0.5) is 5.82 Å². The largest absolute Gasteiger partial charge is 0.352 e. The molecule has 0 saturated carbocycles. The molecule has 0 radical (unpaired) electrons. The third-order valence-corrected chi connectivity index (χ3v) is 4.18. The van der Waals surface area contributed by atoms with E-state index in [-0.39, 0.29) is 6.04 Å². The van der Waals surface area contributed by atoms with Gasteiger partial charge in [-0.15, -0.1) is 0 Å². The molecule has 4 nitrogen and oxygen atoms in total. The average Bonchev–Trinajstić information content (AvgIpc) is 2.90. The van der Waals surface area contributed by atoms with Crippen LogP contribution in [-0.4, -0.2) is 28.0 Å². The molecule has 0 amide bonds. The second-order valence-corrected chi connectivity index (χ2v) is 6.33. The molecule has 3 atom stereocenters. The zero-order chi connectivity index (χ0) is 14.3. The van der Waals surface area contributed by atoms with Crippen LogP contribution in [0.1, 0.15) is 32.9 Å². The van der Waals surface area contributed by atoms with Crippen LogP contribution in [0.25, 0.3) is 5.65 Å². The molecule has 1 aliphatic rings. The first-order valence-corrected chi connectivity index (χ1v) is 7.54. The number of pyridine rings is 1. The van der Waals surface area contributed by atoms with E-state index in [0.29, 0.717) is 6.04 Å². The highest BCUT2D eigenvalue weighted by atomic mass is 15.3. The van der Waals surface area contributed by atoms with E-state index < -0.39 is 0 Å². The van der Waals surface area contributed by atoms with Crippen LogP contribution in [0.3, 0.4) is 0 Å². The van der Waals surface area contributed by atoms with Crippen LogP contribution in [0.2, 0.25) is 0 Å². The number of hydrogen-bond acceptors (Lipinski definition) is 3. The maximum atomic E-state index is 6.04. The van der Waals surface area contributed by atoms with Gasteiger partial charge < -0.3 is 15.0 Å². The molecule has 0 bridgehead atoms. The fraction of sp³-hybridized carbons (Fsp3) is 0.562. The Hall–Kier alpha value is -1.55. The molecule has 3 unspecified atom stereocenters. The Morgan fingerprint density at radius 2 is 2.20 bits per heavy atom. The van der Waals surface area contributed by atoms with Gasteiger partial charge in [-0.2, -0.15) is 0 Å². The standard InChI is InChI=1S/C16H24N4/c1-11-8-13(3)20(10-11)16-14(9-12(2)17)19-7-5-4-6-15(19)18-16/h4-7,11-13H,8-10,17H2,1-3H3. The molecule has 4 heteroatoms. The van der Waals surface area contributed by atoms with Crippen molar-refractivity contribution in [3.05, 3.63) is 30.1 Å². The van der Waals surface area contributed by atoms with Crippen LogP contribution < -0.4 is 10.6 Å². The molecule has 1 fully saturated rings. The maximum absolute atomic E-state index is 6.04. The van der Waals surface area contributed by atoms with Crippen molar-refractivity contribution < 1.29 is 0 Å². The number of hydrogen-bond donors (Lipinski definition) is 1. The molecular weight excluding hydrogens is 248 g/mol. The molecule has 1 saturated heterocycles. The number of nitrogens with two attached hydrogens (primary N) is 1. The Kier molecular flexibility index (Phi) is 3.42. The number of nitrogens with zero attached hydrogens (tertiary/aromatic N) is 3. The summed E-state index contributed by atoms with van der Waals surface area (Å²) in [7, 11) is 0. The minimum absolute atomic E-state index is 0.143. The molecule has 0 spiro atoms. The lowest BCUT2D eigenvalue weighted by Crippen LogP contribution is -2.29. The average molecular weight is 272 g/mol. The molecule has 2 N–H and O–H groups in total. The van der Waals surface area contributed by atoms with Crippen molar-refractivity contribution in [2.24, 2.45) is 11.7 Å². The summed E-state index contributed by atoms with van der Waals surface area (Å²) in [6.07, 6.45) is 4.19. The molecule has 2 aromatic heterocycles. The topological polar surface area (TPSA) is 46.6 Å². The first-order valence-electron chi connectivity index (χ1n) is 7.54. The van der Waals surface area contributed by atoms with Gasteiger partial charge >= 0.3 is 0 Å². The second kappa shape index (κ2) is 5.09. The summed E-state index contributed by atoms with van der Waals surface area (Å²) in [4.78, 5) is 7.32. The Morgan fingerprint density at radius 3 is 2.85 bits per heavy atom. The third kappa shape index (κ3) is 2.29. The highest BCUT2D eigenvalue weighted by Gasteiger charge is 2.30. The van der Waals surface area contributed by atoms with E-state index in [4.69, 9.17) is 10.7 Å². The lowest BCUT2D eigenvalue weighted by molar-refractivity contribution is 0.625. The van der Waals surface area contributed by atoms with E-state index in [1.807, 2.05) is 6.07 Å². The van der Waals surface area contributed by atoms with Gasteiger partial charge in [0.15, 0.2) is 5.82 Å². The third-order valence-electron chi connectivity index (χ3n) is 4.18. The van der Waals surface area contributed by atoms with Crippen LogP contribution in [0.5, 0.6) is 0 Å². The van der Waals surface area contributed by atoms with Crippen molar-refractivity contribution in [3.8, 4) is 0 Å². The van der Waals surface area contributed by atoms with Gasteiger partial charge in [-0.05, 0) is 38.3 Å². The lowest BCUT2D eigenvalue weighted by atomic mass is 10.1. The van der Waals surface area contributed by atoms with Crippen molar-refractivity contribution in [1.82, 2.24) is 9.38 Å². The molecule has 0 aromatic carbocycles. The normalized spacial score (nSPS) is 24.5. The van der Waals surface area contributed by atoms with Crippen molar-refractivity contribution in [2.75, 3.05) is 11.4 Å². The van der Waals surface area contributed by atoms with Gasteiger partial charge in [0, 0.05) is 31.2 Å². The minimum atomic E-state index is 0.143. The Bertz CT molecular complexity index is 602. The summed E-state index contributed by atoms with van der Waals surface area (Å²) in [5, 5.41) is 0. The van der Waals surface area contributed by atoms with Gasteiger partial charge in [-0.3, -0.25) is 0 Å². The monoisotopic (exact) mass is 272 g/mol. The predicted molar refractivity (Wildman–Crippen MR) is 83.1 cm³/mol. The molecule has 3 rings (SSSR count). The van der Waals surface area contributed by atoms with E-state index >= 15 is 0 Å². The fourth-order valence-corrected chi connectivity index (χ4v) is 3.35. The first-order chi connectivity index (χ1) is 9.56. The summed E-state index contributed by atoms with van der Waals surface area (Å²) in [5.74, 6) is 1.86. The van der Waals surface area contributed by atoms with Crippen LogP contribution >= 0.6 is 0 Å². The van der Waals surface area contributed by atoms with Crippen molar-refractivity contribution in [2.45, 2.75) is 45.7 Å². The van der Waals surface area contributed by atoms with E-state index in [2.05, 4.69) is 48.4 Å². The highest BCUT2D eigenvalue weighted by Crippen LogP contribution is 2.31. The Morgan fingerprint density at radius 1 is 1.40 bits per heavy atom. The Balaban J connectivity index is 2.09. The van der Waals surface area contributed by atoms with Gasteiger partial charge in [-0.25, -0.2) is 4.98 Å². The van der Waals surface area contributed by atoms with Crippen LogP contribution in [-0.2, 0) is 6.42 Å². The smallest absolute Gasteiger partial charge is 0.151 e. The van der Waals surface area contributed by atoms with Crippen LogP contribution in [0, 0.1) is 5.92 Å². The number of anilines is 1. The second-order valence-electron chi connectivity index (χ2n) is 6.33. The zero-order valence-corrected chi connectivity index (χ0v) is 12.6. The molecule has 20 heavy (non-hydrogen) atoms. The van der Waals surface area contributed by atoms with Gasteiger partial charge in [0.1, 0.15) is 5.65 Å². The summed E-state index contributed by atoms with van der Waals surface area (Å²) in [5.41, 5.74) is 8.31. The zero-order valence-electron chi connectivity index (χ0n) is 12.6. The van der Waals surface area contributed by atoms with Gasteiger partial charge in [-0.1, -0.05) is 13.0 Å². The molecule has 108 valence electrons. The number of fused-ring (bicyclic) bond motifs is 1. The van der Waals surface area contributed by atoms with E-state index in [9.17, 15) is 0 Å². The molecule has 3 heterocycles. The number of imidazole rings is 1. The molecular formula is C16H24N4. The highest BCUT2D eigenvalue weighted by molar-refractivity contribution is 5.57. The fourth-order valence-electron chi connectivity index (χ4n) is 3.35.